The number of carbonyl (C=O) groups excluding carboxylic acids is 1. The molecule has 0 saturated carbocycles. The molecule has 0 radical (unpaired) electrons. The fourth-order valence-electron chi connectivity index (χ4n) is 2.12. The molecule has 4 nitrogen and oxygen atoms in total. The Morgan fingerprint density at radius 2 is 1.96 bits per heavy atom. The van der Waals surface area contributed by atoms with Crippen LogP contribution in [0.15, 0.2) is 54.6 Å². The molecule has 0 aliphatic carbocycles. The highest BCUT2D eigenvalue weighted by atomic mass is 16.6. The van der Waals surface area contributed by atoms with Crippen molar-refractivity contribution >= 4 is 11.9 Å². The predicted molar refractivity (Wildman–Crippen MR) is 88.0 cm³/mol. The van der Waals surface area contributed by atoms with E-state index in [0.717, 1.165) is 17.9 Å². The molecule has 0 spiro atoms. The molecule has 2 aromatic rings. The van der Waals surface area contributed by atoms with Crippen molar-refractivity contribution in [2.45, 2.75) is 6.10 Å². The lowest BCUT2D eigenvalue weighted by Crippen LogP contribution is -2.07. The maximum Gasteiger partial charge on any atom is 0.189 e. The number of hydrogen-bond acceptors (Lipinski definition) is 4. The van der Waals surface area contributed by atoms with Crippen LogP contribution in [0.3, 0.4) is 0 Å². The molecular weight excluding hydrogens is 292 g/mol. The highest BCUT2D eigenvalue weighted by Gasteiger charge is 2.23. The lowest BCUT2D eigenvalue weighted by molar-refractivity contribution is 0.104. The minimum atomic E-state index is -0.0897. The molecule has 1 aliphatic heterocycles. The minimum Gasteiger partial charge on any atom is -0.497 e. The van der Waals surface area contributed by atoms with Crippen molar-refractivity contribution in [1.82, 2.24) is 0 Å². The zero-order valence-corrected chi connectivity index (χ0v) is 12.9. The second-order valence-electron chi connectivity index (χ2n) is 5.23. The van der Waals surface area contributed by atoms with E-state index in [1.54, 1.807) is 31.4 Å². The summed E-state index contributed by atoms with van der Waals surface area (Å²) in [5, 5.41) is 0. The number of allylic oxidation sites excluding steroid dienone is 1. The van der Waals surface area contributed by atoms with Crippen LogP contribution >= 0.6 is 0 Å². The van der Waals surface area contributed by atoms with Crippen LogP contribution in [0, 0.1) is 0 Å². The van der Waals surface area contributed by atoms with E-state index >= 15 is 0 Å². The van der Waals surface area contributed by atoms with Crippen molar-refractivity contribution in [1.29, 1.82) is 0 Å². The van der Waals surface area contributed by atoms with E-state index in [1.165, 1.54) is 0 Å². The van der Waals surface area contributed by atoms with Crippen LogP contribution in [0.1, 0.15) is 15.9 Å². The van der Waals surface area contributed by atoms with E-state index < -0.39 is 0 Å². The molecule has 2 aromatic carbocycles. The van der Waals surface area contributed by atoms with Gasteiger partial charge in [0, 0.05) is 0 Å². The second kappa shape index (κ2) is 7.11. The SMILES string of the molecule is COc1ccc(/C=C/C(=O)c2ccccc2OCC2CO2)cc1. The smallest absolute Gasteiger partial charge is 0.189 e. The molecule has 1 saturated heterocycles. The molecule has 1 fully saturated rings. The number of epoxide rings is 1. The largest absolute Gasteiger partial charge is 0.497 e. The quantitative estimate of drug-likeness (QED) is 0.447. The first kappa shape index (κ1) is 15.3. The van der Waals surface area contributed by atoms with Gasteiger partial charge in [0.05, 0.1) is 19.3 Å². The van der Waals surface area contributed by atoms with E-state index in [4.69, 9.17) is 14.2 Å². The van der Waals surface area contributed by atoms with Crippen molar-refractivity contribution in [3.05, 3.63) is 65.7 Å². The number of carbonyl (C=O) groups is 1. The van der Waals surface area contributed by atoms with Crippen molar-refractivity contribution in [2.75, 3.05) is 20.3 Å². The number of rotatable bonds is 7. The highest BCUT2D eigenvalue weighted by Crippen LogP contribution is 2.21. The van der Waals surface area contributed by atoms with Gasteiger partial charge in [-0.3, -0.25) is 4.79 Å². The Kier molecular flexibility index (Phi) is 4.74. The Bertz CT molecular complexity index is 700. The monoisotopic (exact) mass is 310 g/mol. The van der Waals surface area contributed by atoms with E-state index in [1.807, 2.05) is 36.4 Å². The first-order valence-electron chi connectivity index (χ1n) is 7.46. The molecule has 0 aromatic heterocycles. The average Bonchev–Trinajstić information content (AvgIpc) is 3.43. The summed E-state index contributed by atoms with van der Waals surface area (Å²) >= 11 is 0. The van der Waals surface area contributed by atoms with Gasteiger partial charge < -0.3 is 14.2 Å². The third-order valence-corrected chi connectivity index (χ3v) is 3.52. The van der Waals surface area contributed by atoms with Crippen molar-refractivity contribution in [3.63, 3.8) is 0 Å². The normalized spacial score (nSPS) is 16.3. The van der Waals surface area contributed by atoms with Gasteiger partial charge in [-0.05, 0) is 35.9 Å². The number of benzene rings is 2. The highest BCUT2D eigenvalue weighted by molar-refractivity contribution is 6.08. The second-order valence-corrected chi connectivity index (χ2v) is 5.23. The van der Waals surface area contributed by atoms with Gasteiger partial charge in [0.2, 0.25) is 0 Å². The molecule has 4 heteroatoms. The van der Waals surface area contributed by atoms with Crippen molar-refractivity contribution in [2.24, 2.45) is 0 Å². The molecule has 0 bridgehead atoms. The van der Waals surface area contributed by atoms with Crippen LogP contribution in [0.4, 0.5) is 0 Å². The van der Waals surface area contributed by atoms with Gasteiger partial charge in [0.15, 0.2) is 5.78 Å². The summed E-state index contributed by atoms with van der Waals surface area (Å²) in [6, 6.07) is 14.8. The zero-order valence-electron chi connectivity index (χ0n) is 12.9. The molecule has 118 valence electrons. The van der Waals surface area contributed by atoms with Gasteiger partial charge in [-0.25, -0.2) is 0 Å². The summed E-state index contributed by atoms with van der Waals surface area (Å²) in [6.07, 6.45) is 3.49. The van der Waals surface area contributed by atoms with Gasteiger partial charge in [-0.1, -0.05) is 30.3 Å². The van der Waals surface area contributed by atoms with Crippen LogP contribution in [-0.2, 0) is 4.74 Å². The van der Waals surface area contributed by atoms with Crippen LogP contribution in [0.25, 0.3) is 6.08 Å². The molecule has 23 heavy (non-hydrogen) atoms. The van der Waals surface area contributed by atoms with Gasteiger partial charge in [-0.2, -0.15) is 0 Å². The number of methoxy groups -OCH3 is 1. The molecule has 3 rings (SSSR count). The predicted octanol–water partition coefficient (Wildman–Crippen LogP) is 3.37. The number of ether oxygens (including phenoxy) is 3. The Hall–Kier alpha value is -2.59. The van der Waals surface area contributed by atoms with Crippen LogP contribution in [0.5, 0.6) is 11.5 Å². The maximum atomic E-state index is 12.4. The number of ketones is 1. The summed E-state index contributed by atoms with van der Waals surface area (Å²) in [7, 11) is 1.62. The Balaban J connectivity index is 1.70. The third kappa shape index (κ3) is 4.20. The average molecular weight is 310 g/mol. The van der Waals surface area contributed by atoms with Gasteiger partial charge in [-0.15, -0.1) is 0 Å². The van der Waals surface area contributed by atoms with Gasteiger partial charge in [0.25, 0.3) is 0 Å². The molecule has 0 N–H and O–H groups in total. The molecule has 1 heterocycles. The zero-order chi connectivity index (χ0) is 16.1. The first-order valence-corrected chi connectivity index (χ1v) is 7.46. The summed E-state index contributed by atoms with van der Waals surface area (Å²) in [5.74, 6) is 1.29. The first-order chi connectivity index (χ1) is 11.3. The van der Waals surface area contributed by atoms with Crippen molar-refractivity contribution < 1.29 is 19.0 Å². The van der Waals surface area contributed by atoms with Crippen LogP contribution < -0.4 is 9.47 Å². The fraction of sp³-hybridized carbons (Fsp3) is 0.211. The van der Waals surface area contributed by atoms with Crippen LogP contribution in [0.2, 0.25) is 0 Å². The molecule has 0 amide bonds. The number of hydrogen-bond donors (Lipinski definition) is 0. The summed E-state index contributed by atoms with van der Waals surface area (Å²) in [4.78, 5) is 12.4. The van der Waals surface area contributed by atoms with Crippen LogP contribution in [-0.4, -0.2) is 32.2 Å². The summed E-state index contributed by atoms with van der Waals surface area (Å²) in [6.45, 7) is 1.21. The van der Waals surface area contributed by atoms with Gasteiger partial charge in [0.1, 0.15) is 24.2 Å². The van der Waals surface area contributed by atoms with Crippen molar-refractivity contribution in [3.8, 4) is 11.5 Å². The summed E-state index contributed by atoms with van der Waals surface area (Å²) in [5.41, 5.74) is 1.49. The van der Waals surface area contributed by atoms with E-state index in [-0.39, 0.29) is 11.9 Å². The number of para-hydroxylation sites is 1. The fourth-order valence-corrected chi connectivity index (χ4v) is 2.12. The molecular formula is C19H18O4. The van der Waals surface area contributed by atoms with E-state index in [0.29, 0.717) is 17.9 Å². The Morgan fingerprint density at radius 1 is 1.22 bits per heavy atom. The lowest BCUT2D eigenvalue weighted by atomic mass is 10.1. The summed E-state index contributed by atoms with van der Waals surface area (Å²) < 4.78 is 15.9. The topological polar surface area (TPSA) is 48.1 Å². The third-order valence-electron chi connectivity index (χ3n) is 3.52. The van der Waals surface area contributed by atoms with Gasteiger partial charge >= 0.3 is 0 Å². The van der Waals surface area contributed by atoms with E-state index in [9.17, 15) is 4.79 Å². The Labute approximate surface area is 135 Å². The minimum absolute atomic E-state index is 0.0897. The molecule has 1 aliphatic rings. The lowest BCUT2D eigenvalue weighted by Gasteiger charge is -2.08. The molecule has 1 unspecified atom stereocenters. The standard InChI is InChI=1S/C19H18O4/c1-21-15-9-6-14(7-10-15)8-11-18(20)17-4-2-3-5-19(17)23-13-16-12-22-16/h2-11,16H,12-13H2,1H3/b11-8+. The van der Waals surface area contributed by atoms with E-state index in [2.05, 4.69) is 0 Å². The molecule has 1 atom stereocenters. The maximum absolute atomic E-state index is 12.4. The Morgan fingerprint density at radius 3 is 2.65 bits per heavy atom.